The predicted molar refractivity (Wildman–Crippen MR) is 133 cm³/mol. The minimum absolute atomic E-state index is 0.0256. The normalized spacial score (nSPS) is 15.1. The van der Waals surface area contributed by atoms with Crippen LogP contribution >= 0.6 is 35.3 Å². The van der Waals surface area contributed by atoms with Crippen molar-refractivity contribution in [3.63, 3.8) is 0 Å². The lowest BCUT2D eigenvalue weighted by atomic mass is 10.3. The summed E-state index contributed by atoms with van der Waals surface area (Å²) < 4.78 is 3.63. The summed E-state index contributed by atoms with van der Waals surface area (Å²) >= 11 is 8.10. The van der Waals surface area contributed by atoms with Crippen LogP contribution in [0, 0.1) is 6.92 Å². The summed E-state index contributed by atoms with van der Waals surface area (Å²) in [6, 6.07) is 13.1. The van der Waals surface area contributed by atoms with E-state index in [2.05, 4.69) is 5.32 Å². The van der Waals surface area contributed by atoms with Gasteiger partial charge in [0.15, 0.2) is 0 Å². The smallest absolute Gasteiger partial charge is 0.295 e. The Labute approximate surface area is 198 Å². The van der Waals surface area contributed by atoms with Gasteiger partial charge in [-0.05, 0) is 36.6 Å². The Morgan fingerprint density at radius 3 is 2.59 bits per heavy atom. The molecule has 1 aliphatic rings. The van der Waals surface area contributed by atoms with Gasteiger partial charge in [0.05, 0.1) is 16.3 Å². The van der Waals surface area contributed by atoms with Gasteiger partial charge in [-0.25, -0.2) is 4.68 Å². The highest BCUT2D eigenvalue weighted by Gasteiger charge is 2.32. The summed E-state index contributed by atoms with van der Waals surface area (Å²) in [5.74, 6) is -0.559. The molecule has 1 aliphatic heterocycles. The Morgan fingerprint density at radius 1 is 1.16 bits per heavy atom. The van der Waals surface area contributed by atoms with Crippen molar-refractivity contribution in [2.75, 3.05) is 11.9 Å². The molecule has 0 radical (unpaired) electrons. The highest BCUT2D eigenvalue weighted by atomic mass is 32.2. The van der Waals surface area contributed by atoms with Crippen LogP contribution in [0.5, 0.6) is 0 Å². The van der Waals surface area contributed by atoms with E-state index in [0.717, 1.165) is 4.88 Å². The molecule has 164 valence electrons. The SMILES string of the molecule is Cc1c(NC(=O)CCN2C(=O)/C(=C\c3cccs3)SC2=S)c(=O)n(-c2ccccc2)n1C. The van der Waals surface area contributed by atoms with Crippen molar-refractivity contribution >= 4 is 63.2 Å². The molecule has 0 unspecified atom stereocenters. The van der Waals surface area contributed by atoms with Crippen LogP contribution in [0.25, 0.3) is 11.8 Å². The number of thioether (sulfide) groups is 1. The van der Waals surface area contributed by atoms with Gasteiger partial charge < -0.3 is 5.32 Å². The zero-order valence-corrected chi connectivity index (χ0v) is 19.9. The third kappa shape index (κ3) is 4.34. The molecule has 3 heterocycles. The van der Waals surface area contributed by atoms with Crippen LogP contribution in [-0.4, -0.2) is 36.9 Å². The van der Waals surface area contributed by atoms with E-state index in [4.69, 9.17) is 12.2 Å². The molecular weight excluding hydrogens is 464 g/mol. The van der Waals surface area contributed by atoms with Crippen LogP contribution in [0.2, 0.25) is 0 Å². The number of hydrogen-bond acceptors (Lipinski definition) is 6. The number of hydrogen-bond donors (Lipinski definition) is 1. The molecule has 1 N–H and O–H groups in total. The minimum Gasteiger partial charge on any atom is -0.320 e. The van der Waals surface area contributed by atoms with Gasteiger partial charge >= 0.3 is 0 Å². The van der Waals surface area contributed by atoms with Crippen LogP contribution < -0.4 is 10.9 Å². The topological polar surface area (TPSA) is 76.3 Å². The van der Waals surface area contributed by atoms with Crippen LogP contribution in [0.4, 0.5) is 5.69 Å². The second-order valence-electron chi connectivity index (χ2n) is 7.08. The zero-order valence-electron chi connectivity index (χ0n) is 17.4. The highest BCUT2D eigenvalue weighted by molar-refractivity contribution is 8.26. The first kappa shape index (κ1) is 22.3. The van der Waals surface area contributed by atoms with Gasteiger partial charge in [0, 0.05) is 24.9 Å². The maximum Gasteiger partial charge on any atom is 0.295 e. The third-order valence-corrected chi connectivity index (χ3v) is 7.27. The third-order valence-electron chi connectivity index (χ3n) is 5.07. The monoisotopic (exact) mass is 484 g/mol. The van der Waals surface area contributed by atoms with E-state index in [1.54, 1.807) is 18.7 Å². The Hall–Kier alpha value is -2.95. The lowest BCUT2D eigenvalue weighted by molar-refractivity contribution is -0.122. The molecule has 10 heteroatoms. The molecule has 7 nitrogen and oxygen atoms in total. The molecule has 0 aliphatic carbocycles. The summed E-state index contributed by atoms with van der Waals surface area (Å²) in [7, 11) is 1.76. The standard InChI is InChI=1S/C22H20N4O3S3/c1-14-19(21(29)26(24(14)2)15-7-4-3-5-8-15)23-18(27)10-11-25-20(28)17(32-22(25)30)13-16-9-6-12-31-16/h3-9,12-13H,10-11H2,1-2H3,(H,23,27)/b17-13+. The summed E-state index contributed by atoms with van der Waals surface area (Å²) in [5.41, 5.74) is 1.26. The molecule has 2 amide bonds. The molecule has 32 heavy (non-hydrogen) atoms. The van der Waals surface area contributed by atoms with Gasteiger partial charge in [0.25, 0.3) is 11.5 Å². The maximum atomic E-state index is 12.9. The van der Waals surface area contributed by atoms with Crippen molar-refractivity contribution in [2.24, 2.45) is 7.05 Å². The van der Waals surface area contributed by atoms with Crippen molar-refractivity contribution in [3.8, 4) is 5.69 Å². The largest absolute Gasteiger partial charge is 0.320 e. The second-order valence-corrected chi connectivity index (χ2v) is 9.74. The van der Waals surface area contributed by atoms with Gasteiger partial charge in [-0.2, -0.15) is 0 Å². The number of carbonyl (C=O) groups excluding carboxylic acids is 2. The van der Waals surface area contributed by atoms with Gasteiger partial charge in [0.2, 0.25) is 5.91 Å². The average Bonchev–Trinajstić information content (AvgIpc) is 3.44. The molecule has 1 aromatic carbocycles. The second kappa shape index (κ2) is 9.27. The Morgan fingerprint density at radius 2 is 1.91 bits per heavy atom. The van der Waals surface area contributed by atoms with Crippen molar-refractivity contribution in [3.05, 3.63) is 73.7 Å². The molecule has 1 fully saturated rings. The highest BCUT2D eigenvalue weighted by Crippen LogP contribution is 2.33. The molecule has 3 aromatic rings. The molecule has 0 bridgehead atoms. The number of nitrogens with zero attached hydrogens (tertiary/aromatic N) is 3. The predicted octanol–water partition coefficient (Wildman–Crippen LogP) is 3.78. The first-order valence-electron chi connectivity index (χ1n) is 9.79. The average molecular weight is 485 g/mol. The first-order valence-corrected chi connectivity index (χ1v) is 11.9. The Bertz CT molecular complexity index is 1270. The van der Waals surface area contributed by atoms with Crippen molar-refractivity contribution in [2.45, 2.75) is 13.3 Å². The number of carbonyl (C=O) groups is 2. The quantitative estimate of drug-likeness (QED) is 0.426. The molecule has 1 saturated heterocycles. The van der Waals surface area contributed by atoms with Crippen LogP contribution in [-0.2, 0) is 16.6 Å². The number of anilines is 1. The fourth-order valence-corrected chi connectivity index (χ4v) is 5.35. The fraction of sp³-hybridized carbons (Fsp3) is 0.182. The van der Waals surface area contributed by atoms with Crippen LogP contribution in [0.3, 0.4) is 0 Å². The van der Waals surface area contributed by atoms with E-state index in [1.807, 2.05) is 53.9 Å². The molecule has 2 aromatic heterocycles. The van der Waals surface area contributed by atoms with E-state index in [9.17, 15) is 14.4 Å². The summed E-state index contributed by atoms with van der Waals surface area (Å²) in [6.07, 6.45) is 1.83. The first-order chi connectivity index (χ1) is 15.4. The van der Waals surface area contributed by atoms with E-state index in [-0.39, 0.29) is 36.0 Å². The molecule has 4 rings (SSSR count). The van der Waals surface area contributed by atoms with Crippen molar-refractivity contribution in [1.82, 2.24) is 14.3 Å². The molecule has 0 spiro atoms. The molecular formula is C22H20N4O3S3. The van der Waals surface area contributed by atoms with Gasteiger partial charge in [-0.1, -0.05) is 48.2 Å². The zero-order chi connectivity index (χ0) is 22.8. The lowest BCUT2D eigenvalue weighted by Gasteiger charge is -2.13. The number of benzene rings is 1. The Kier molecular flexibility index (Phi) is 6.45. The van der Waals surface area contributed by atoms with Crippen molar-refractivity contribution < 1.29 is 9.59 Å². The summed E-state index contributed by atoms with van der Waals surface area (Å²) in [4.78, 5) is 41.2. The van der Waals surface area contributed by atoms with Crippen LogP contribution in [0.15, 0.2) is 57.5 Å². The number of aromatic nitrogens is 2. The van der Waals surface area contributed by atoms with Crippen molar-refractivity contribution in [1.29, 1.82) is 0 Å². The number of rotatable bonds is 6. The summed E-state index contributed by atoms with van der Waals surface area (Å²) in [6.45, 7) is 1.92. The maximum absolute atomic E-state index is 12.9. The van der Waals surface area contributed by atoms with E-state index >= 15 is 0 Å². The number of nitrogens with one attached hydrogen (secondary N) is 1. The van der Waals surface area contributed by atoms with E-state index < -0.39 is 0 Å². The van der Waals surface area contributed by atoms with E-state index in [1.165, 1.54) is 32.7 Å². The summed E-state index contributed by atoms with van der Waals surface area (Å²) in [5, 5.41) is 4.66. The van der Waals surface area contributed by atoms with E-state index in [0.29, 0.717) is 20.6 Å². The number of thiocarbonyl (C=S) groups is 1. The van der Waals surface area contributed by atoms with Gasteiger partial charge in [-0.3, -0.25) is 24.0 Å². The fourth-order valence-electron chi connectivity index (χ4n) is 3.32. The Balaban J connectivity index is 1.44. The molecule has 0 saturated carbocycles. The number of thiophene rings is 1. The van der Waals surface area contributed by atoms with Crippen LogP contribution in [0.1, 0.15) is 17.0 Å². The number of para-hydroxylation sites is 1. The van der Waals surface area contributed by atoms with Gasteiger partial charge in [-0.15, -0.1) is 11.3 Å². The minimum atomic E-state index is -0.354. The lowest BCUT2D eigenvalue weighted by Crippen LogP contribution is -2.32. The number of amides is 2. The van der Waals surface area contributed by atoms with Gasteiger partial charge in [0.1, 0.15) is 10.0 Å². The molecule has 0 atom stereocenters.